The Morgan fingerprint density at radius 1 is 0.778 bits per heavy atom. The van der Waals surface area contributed by atoms with Crippen LogP contribution in [0.3, 0.4) is 0 Å². The largest absolute Gasteiger partial charge is 0.429 e. The number of hydrogen-bond donors (Lipinski definition) is 1. The third-order valence-electron chi connectivity index (χ3n) is 3.37. The standard InChI is InChI=1S/C14H11F9N2O2/c1-7(26)25(8(2)27)10-6-4-3-5-9(10)24-11(12(15,16)17,13(18,19)20)14(21,22)23/h3-6,24H,1-2H3. The Morgan fingerprint density at radius 2 is 1.15 bits per heavy atom. The van der Waals surface area contributed by atoms with Gasteiger partial charge in [0.2, 0.25) is 11.8 Å². The van der Waals surface area contributed by atoms with Crippen molar-refractivity contribution in [3.8, 4) is 0 Å². The highest BCUT2D eigenvalue weighted by atomic mass is 19.4. The number of carbonyl (C=O) groups excluding carboxylic acids is 2. The van der Waals surface area contributed by atoms with E-state index < -0.39 is 47.3 Å². The molecule has 0 aliphatic heterocycles. The molecular formula is C14H11F9N2O2. The first-order valence-corrected chi connectivity index (χ1v) is 6.86. The fourth-order valence-corrected chi connectivity index (χ4v) is 2.23. The lowest BCUT2D eigenvalue weighted by Gasteiger charge is -2.40. The Balaban J connectivity index is 3.77. The summed E-state index contributed by atoms with van der Waals surface area (Å²) in [5.74, 6) is -2.26. The Bertz CT molecular complexity index is 672. The van der Waals surface area contributed by atoms with Crippen molar-refractivity contribution >= 4 is 23.2 Å². The van der Waals surface area contributed by atoms with Crippen LogP contribution in [0.1, 0.15) is 13.8 Å². The number of alkyl halides is 9. The molecular weight excluding hydrogens is 399 g/mol. The Morgan fingerprint density at radius 3 is 1.48 bits per heavy atom. The van der Waals surface area contributed by atoms with Gasteiger partial charge in [0.1, 0.15) is 0 Å². The Labute approximate surface area is 145 Å². The van der Waals surface area contributed by atoms with Crippen molar-refractivity contribution in [2.24, 2.45) is 0 Å². The van der Waals surface area contributed by atoms with E-state index in [-0.39, 0.29) is 4.90 Å². The number of hydrogen-bond acceptors (Lipinski definition) is 3. The third kappa shape index (κ3) is 3.95. The molecule has 0 aromatic heterocycles. The number of amides is 2. The van der Waals surface area contributed by atoms with Crippen molar-refractivity contribution in [2.45, 2.75) is 37.9 Å². The van der Waals surface area contributed by atoms with E-state index in [4.69, 9.17) is 0 Å². The number of rotatable bonds is 3. The number of halogens is 9. The van der Waals surface area contributed by atoms with E-state index in [1.165, 1.54) is 0 Å². The van der Waals surface area contributed by atoms with Crippen molar-refractivity contribution in [1.82, 2.24) is 0 Å². The summed E-state index contributed by atoms with van der Waals surface area (Å²) in [6.07, 6.45) is -20.6. The van der Waals surface area contributed by atoms with Crippen LogP contribution < -0.4 is 10.2 Å². The number of carbonyl (C=O) groups is 2. The SMILES string of the molecule is CC(=O)N(C(C)=O)c1ccccc1NC(C(F)(F)F)(C(F)(F)F)C(F)(F)F. The van der Waals surface area contributed by atoms with E-state index in [0.717, 1.165) is 32.0 Å². The number of nitrogens with zero attached hydrogens (tertiary/aromatic N) is 1. The minimum atomic E-state index is -6.85. The van der Waals surface area contributed by atoms with E-state index >= 15 is 0 Å². The fraction of sp³-hybridized carbons (Fsp3) is 0.429. The summed E-state index contributed by atoms with van der Waals surface area (Å²) in [7, 11) is 0. The molecule has 1 aromatic rings. The van der Waals surface area contributed by atoms with Crippen molar-refractivity contribution in [3.63, 3.8) is 0 Å². The molecule has 152 valence electrons. The van der Waals surface area contributed by atoms with Crippen LogP contribution in [0.15, 0.2) is 24.3 Å². The van der Waals surface area contributed by atoms with Gasteiger partial charge in [-0.1, -0.05) is 12.1 Å². The summed E-state index contributed by atoms with van der Waals surface area (Å²) in [6.45, 7) is 1.51. The molecule has 13 heteroatoms. The van der Waals surface area contributed by atoms with Crippen LogP contribution in [0.25, 0.3) is 0 Å². The Kier molecular flexibility index (Phi) is 5.79. The monoisotopic (exact) mass is 410 g/mol. The lowest BCUT2D eigenvalue weighted by atomic mass is 9.95. The maximum absolute atomic E-state index is 13.1. The van der Waals surface area contributed by atoms with Crippen LogP contribution in [-0.4, -0.2) is 35.9 Å². The van der Waals surface area contributed by atoms with E-state index in [2.05, 4.69) is 0 Å². The molecule has 27 heavy (non-hydrogen) atoms. The fourth-order valence-electron chi connectivity index (χ4n) is 2.23. The van der Waals surface area contributed by atoms with Gasteiger partial charge in [-0.3, -0.25) is 9.59 Å². The average molecular weight is 410 g/mol. The highest BCUT2D eigenvalue weighted by Crippen LogP contribution is 2.54. The van der Waals surface area contributed by atoms with E-state index in [1.807, 2.05) is 0 Å². The molecule has 0 saturated heterocycles. The van der Waals surface area contributed by atoms with Crippen molar-refractivity contribution < 1.29 is 49.1 Å². The van der Waals surface area contributed by atoms with E-state index in [1.54, 1.807) is 0 Å². The molecule has 4 nitrogen and oxygen atoms in total. The zero-order chi connectivity index (χ0) is 21.4. The van der Waals surface area contributed by atoms with Gasteiger partial charge in [-0.05, 0) is 12.1 Å². The van der Waals surface area contributed by atoms with E-state index in [0.29, 0.717) is 11.4 Å². The van der Waals surface area contributed by atoms with Crippen molar-refractivity contribution in [3.05, 3.63) is 24.3 Å². The summed E-state index contributed by atoms with van der Waals surface area (Å²) in [6, 6.07) is 3.01. The third-order valence-corrected chi connectivity index (χ3v) is 3.37. The highest BCUT2D eigenvalue weighted by Gasteiger charge is 2.84. The lowest BCUT2D eigenvalue weighted by Crippen LogP contribution is -2.70. The van der Waals surface area contributed by atoms with Crippen LogP contribution >= 0.6 is 0 Å². The zero-order valence-corrected chi connectivity index (χ0v) is 13.5. The number of nitrogens with one attached hydrogen (secondary N) is 1. The molecule has 2 amide bonds. The summed E-state index contributed by atoms with van der Waals surface area (Å²) in [5, 5.41) is 0.450. The highest BCUT2D eigenvalue weighted by molar-refractivity contribution is 6.15. The van der Waals surface area contributed by atoms with Crippen LogP contribution in [0.4, 0.5) is 50.9 Å². The predicted octanol–water partition coefficient (Wildman–Crippen LogP) is 4.42. The Hall–Kier alpha value is -2.47. The minimum Gasteiger partial charge on any atom is -0.355 e. The van der Waals surface area contributed by atoms with Gasteiger partial charge in [-0.2, -0.15) is 39.5 Å². The molecule has 1 rings (SSSR count). The maximum Gasteiger partial charge on any atom is 0.429 e. The molecule has 0 bridgehead atoms. The molecule has 0 atom stereocenters. The molecule has 0 heterocycles. The molecule has 1 aromatic carbocycles. The van der Waals surface area contributed by atoms with Gasteiger partial charge in [0.25, 0.3) is 0 Å². The van der Waals surface area contributed by atoms with Gasteiger partial charge in [0.15, 0.2) is 0 Å². The predicted molar refractivity (Wildman–Crippen MR) is 74.8 cm³/mol. The smallest absolute Gasteiger partial charge is 0.355 e. The number of anilines is 2. The van der Waals surface area contributed by atoms with Gasteiger partial charge in [-0.25, -0.2) is 4.90 Å². The first-order chi connectivity index (χ1) is 12.0. The van der Waals surface area contributed by atoms with Gasteiger partial charge < -0.3 is 5.32 Å². The summed E-state index contributed by atoms with van der Waals surface area (Å²) in [4.78, 5) is 23.1. The first-order valence-electron chi connectivity index (χ1n) is 6.86. The topological polar surface area (TPSA) is 49.4 Å². The average Bonchev–Trinajstić information content (AvgIpc) is 2.41. The number of imide groups is 1. The quantitative estimate of drug-likeness (QED) is 0.751. The summed E-state index contributed by atoms with van der Waals surface area (Å²) >= 11 is 0. The second kappa shape index (κ2) is 6.93. The molecule has 1 N–H and O–H groups in total. The lowest BCUT2D eigenvalue weighted by molar-refractivity contribution is -0.370. The van der Waals surface area contributed by atoms with Crippen LogP contribution in [0, 0.1) is 0 Å². The molecule has 0 aliphatic carbocycles. The van der Waals surface area contributed by atoms with Gasteiger partial charge in [-0.15, -0.1) is 0 Å². The normalized spacial score (nSPS) is 13.3. The molecule has 0 radical (unpaired) electrons. The van der Waals surface area contributed by atoms with Crippen LogP contribution in [0.5, 0.6) is 0 Å². The summed E-state index contributed by atoms with van der Waals surface area (Å²) < 4.78 is 117. The minimum absolute atomic E-state index is 0.135. The molecule has 0 unspecified atom stereocenters. The molecule has 0 aliphatic rings. The molecule has 0 spiro atoms. The van der Waals surface area contributed by atoms with Gasteiger partial charge in [0, 0.05) is 13.8 Å². The zero-order valence-electron chi connectivity index (χ0n) is 13.5. The molecule has 0 fully saturated rings. The van der Waals surface area contributed by atoms with Gasteiger partial charge in [0.05, 0.1) is 11.4 Å². The number of para-hydroxylation sites is 2. The second-order valence-corrected chi connectivity index (χ2v) is 5.26. The first kappa shape index (κ1) is 22.6. The maximum atomic E-state index is 13.1. The number of benzene rings is 1. The van der Waals surface area contributed by atoms with E-state index in [9.17, 15) is 49.1 Å². The van der Waals surface area contributed by atoms with Crippen LogP contribution in [0.2, 0.25) is 0 Å². The van der Waals surface area contributed by atoms with Crippen LogP contribution in [-0.2, 0) is 9.59 Å². The second-order valence-electron chi connectivity index (χ2n) is 5.26. The van der Waals surface area contributed by atoms with Crippen molar-refractivity contribution in [1.29, 1.82) is 0 Å². The molecule has 0 saturated carbocycles. The summed E-state index contributed by atoms with van der Waals surface area (Å²) in [5.41, 5.74) is -8.60. The van der Waals surface area contributed by atoms with Gasteiger partial charge >= 0.3 is 24.1 Å². The van der Waals surface area contributed by atoms with Crippen molar-refractivity contribution in [2.75, 3.05) is 10.2 Å².